The van der Waals surface area contributed by atoms with Crippen LogP contribution in [0.2, 0.25) is 0 Å². The lowest BCUT2D eigenvalue weighted by atomic mass is 9.64. The summed E-state index contributed by atoms with van der Waals surface area (Å²) in [4.78, 5) is 49.7. The Balaban J connectivity index is 1.63. The number of nitrogens with zero attached hydrogens (tertiary/aromatic N) is 3. The highest BCUT2D eigenvalue weighted by Gasteiger charge is 2.79. The summed E-state index contributed by atoms with van der Waals surface area (Å²) in [7, 11) is 0. The van der Waals surface area contributed by atoms with Crippen molar-refractivity contribution >= 4 is 17.7 Å². The van der Waals surface area contributed by atoms with Gasteiger partial charge in [-0.25, -0.2) is 0 Å². The largest absolute Gasteiger partial charge is 0.394 e. The molecule has 2 bridgehead atoms. The first-order valence-electron chi connectivity index (χ1n) is 16.5. The van der Waals surface area contributed by atoms with E-state index in [9.17, 15) is 19.5 Å². The molecule has 3 aliphatic heterocycles. The molecule has 246 valence electrons. The number of benzene rings is 2. The zero-order valence-electron chi connectivity index (χ0n) is 27.7. The van der Waals surface area contributed by atoms with Crippen LogP contribution in [0.5, 0.6) is 0 Å². The third-order valence-electron chi connectivity index (χ3n) is 10.3. The molecule has 0 saturated carbocycles. The molecule has 1 N–H and O–H groups in total. The fourth-order valence-corrected chi connectivity index (χ4v) is 8.20. The average molecular weight is 628 g/mol. The quantitative estimate of drug-likeness (QED) is 0.323. The summed E-state index contributed by atoms with van der Waals surface area (Å²) in [5.74, 6) is -2.35. The number of fused-ring (bicyclic) bond motifs is 1. The summed E-state index contributed by atoms with van der Waals surface area (Å²) in [6, 6.07) is 17.8. The Kier molecular flexibility index (Phi) is 9.62. The molecule has 0 aromatic heterocycles. The zero-order chi connectivity index (χ0) is 33.3. The fraction of sp³-hybridized carbons (Fsp3) is 0.500. The van der Waals surface area contributed by atoms with Crippen LogP contribution >= 0.6 is 0 Å². The van der Waals surface area contributed by atoms with E-state index in [2.05, 4.69) is 13.2 Å². The molecule has 8 heteroatoms. The monoisotopic (exact) mass is 627 g/mol. The first-order valence-corrected chi connectivity index (χ1v) is 16.5. The molecular weight excluding hydrogens is 578 g/mol. The first-order chi connectivity index (χ1) is 22.0. The topological polar surface area (TPSA) is 90.4 Å². The SMILES string of the molecule is C=CCN(Cc1ccccc1)C(=O)[C@H]1[C@H]2C(=O)N([C@@H](CO)Cc3ccccc3)C(C(=O)N(CC=C)C(C)(C)C)C23CC[C@]1(CC)O3. The molecule has 2 aromatic rings. The van der Waals surface area contributed by atoms with Crippen LogP contribution in [0.15, 0.2) is 86.0 Å². The second-order valence-electron chi connectivity index (χ2n) is 14.0. The van der Waals surface area contributed by atoms with Gasteiger partial charge in [-0.05, 0) is 57.6 Å². The van der Waals surface area contributed by atoms with Gasteiger partial charge >= 0.3 is 0 Å². The number of aliphatic hydroxyl groups is 1. The van der Waals surface area contributed by atoms with Crippen LogP contribution < -0.4 is 0 Å². The maximum atomic E-state index is 15.0. The van der Waals surface area contributed by atoms with Gasteiger partial charge in [-0.2, -0.15) is 0 Å². The predicted octanol–water partition coefficient (Wildman–Crippen LogP) is 4.77. The van der Waals surface area contributed by atoms with Crippen LogP contribution in [-0.2, 0) is 32.1 Å². The number of carbonyl (C=O) groups excluding carboxylic acids is 3. The minimum atomic E-state index is -1.20. The van der Waals surface area contributed by atoms with E-state index in [-0.39, 0.29) is 30.9 Å². The van der Waals surface area contributed by atoms with Crippen LogP contribution in [0, 0.1) is 11.8 Å². The molecule has 6 atom stereocenters. The summed E-state index contributed by atoms with van der Waals surface area (Å²) < 4.78 is 7.06. The Morgan fingerprint density at radius 3 is 2.15 bits per heavy atom. The summed E-state index contributed by atoms with van der Waals surface area (Å²) in [6.45, 7) is 16.3. The highest BCUT2D eigenvalue weighted by Crippen LogP contribution is 2.65. The molecule has 8 nitrogen and oxygen atoms in total. The normalized spacial score (nSPS) is 27.3. The van der Waals surface area contributed by atoms with Gasteiger partial charge in [0.15, 0.2) is 0 Å². The first kappa shape index (κ1) is 33.6. The van der Waals surface area contributed by atoms with Gasteiger partial charge in [-0.15, -0.1) is 13.2 Å². The van der Waals surface area contributed by atoms with Crippen LogP contribution in [0.4, 0.5) is 0 Å². The number of hydrogen-bond donors (Lipinski definition) is 1. The molecular formula is C38H49N3O5. The van der Waals surface area contributed by atoms with Crippen molar-refractivity contribution in [3.8, 4) is 0 Å². The van der Waals surface area contributed by atoms with Gasteiger partial charge in [-0.1, -0.05) is 79.7 Å². The molecule has 5 rings (SSSR count). The molecule has 2 aromatic carbocycles. The highest BCUT2D eigenvalue weighted by molar-refractivity contribution is 5.99. The average Bonchev–Trinajstić information content (AvgIpc) is 3.65. The molecule has 3 heterocycles. The van der Waals surface area contributed by atoms with Gasteiger partial charge < -0.3 is 24.5 Å². The van der Waals surface area contributed by atoms with E-state index in [0.717, 1.165) is 11.1 Å². The summed E-state index contributed by atoms with van der Waals surface area (Å²) in [5, 5.41) is 10.8. The predicted molar refractivity (Wildman–Crippen MR) is 178 cm³/mol. The molecule has 3 aliphatic rings. The van der Waals surface area contributed by atoms with E-state index in [0.29, 0.717) is 38.8 Å². The summed E-state index contributed by atoms with van der Waals surface area (Å²) >= 11 is 0. The maximum Gasteiger partial charge on any atom is 0.249 e. The Morgan fingerprint density at radius 1 is 1.00 bits per heavy atom. The minimum absolute atomic E-state index is 0.166. The van der Waals surface area contributed by atoms with Gasteiger partial charge in [-0.3, -0.25) is 14.4 Å². The Labute approximate surface area is 273 Å². The van der Waals surface area contributed by atoms with E-state index in [1.165, 1.54) is 0 Å². The number of amides is 3. The lowest BCUT2D eigenvalue weighted by Crippen LogP contribution is -2.62. The van der Waals surface area contributed by atoms with E-state index >= 15 is 0 Å². The second kappa shape index (κ2) is 13.2. The molecule has 0 aliphatic carbocycles. The van der Waals surface area contributed by atoms with E-state index in [1.54, 1.807) is 26.9 Å². The van der Waals surface area contributed by atoms with Crippen molar-refractivity contribution in [2.24, 2.45) is 11.8 Å². The Hall–Kier alpha value is -3.75. The van der Waals surface area contributed by atoms with Gasteiger partial charge in [0.1, 0.15) is 11.6 Å². The molecule has 3 saturated heterocycles. The fourth-order valence-electron chi connectivity index (χ4n) is 8.20. The van der Waals surface area contributed by atoms with Crippen LogP contribution in [0.1, 0.15) is 58.1 Å². The van der Waals surface area contributed by atoms with Crippen LogP contribution in [0.25, 0.3) is 0 Å². The van der Waals surface area contributed by atoms with Crippen molar-refractivity contribution in [1.82, 2.24) is 14.7 Å². The smallest absolute Gasteiger partial charge is 0.249 e. The molecule has 3 fully saturated rings. The van der Waals surface area contributed by atoms with Gasteiger partial charge in [0, 0.05) is 25.2 Å². The number of likely N-dealkylation sites (tertiary alicyclic amines) is 1. The molecule has 2 unspecified atom stereocenters. The van der Waals surface area contributed by atoms with Crippen molar-refractivity contribution in [1.29, 1.82) is 0 Å². The standard InChI is InChI=1S/C38H49N3O5/c1-7-22-39(25-28-18-14-11-15-19-28)33(43)30-31-34(44)41(29(26-42)24-27-16-12-10-13-17-27)32(35(45)40(23-8-2)36(4,5)6)38(31)21-20-37(30,9-3)46-38/h7-8,10-19,29-32,42H,1-2,9,20-26H2,3-6H3/t29-,30-,31+,32?,37+,38?/m1/s1. The highest BCUT2D eigenvalue weighted by atomic mass is 16.5. The Morgan fingerprint density at radius 2 is 1.61 bits per heavy atom. The number of hydrogen-bond acceptors (Lipinski definition) is 5. The van der Waals surface area contributed by atoms with Gasteiger partial charge in [0.05, 0.1) is 30.1 Å². The van der Waals surface area contributed by atoms with E-state index < -0.39 is 40.7 Å². The minimum Gasteiger partial charge on any atom is -0.394 e. The second-order valence-corrected chi connectivity index (χ2v) is 14.0. The van der Waals surface area contributed by atoms with Crippen molar-refractivity contribution in [3.63, 3.8) is 0 Å². The van der Waals surface area contributed by atoms with E-state index in [4.69, 9.17) is 4.74 Å². The Bertz CT molecular complexity index is 1440. The van der Waals surface area contributed by atoms with Crippen molar-refractivity contribution in [2.45, 2.75) is 88.7 Å². The van der Waals surface area contributed by atoms with Crippen LogP contribution in [-0.4, -0.2) is 86.0 Å². The lowest BCUT2D eigenvalue weighted by Gasteiger charge is -2.43. The number of ether oxygens (including phenoxy) is 1. The summed E-state index contributed by atoms with van der Waals surface area (Å²) in [6.07, 6.45) is 5.33. The zero-order valence-corrected chi connectivity index (χ0v) is 27.7. The van der Waals surface area contributed by atoms with Gasteiger partial charge in [0.25, 0.3) is 0 Å². The van der Waals surface area contributed by atoms with Crippen LogP contribution in [0.3, 0.4) is 0 Å². The third-order valence-corrected chi connectivity index (χ3v) is 10.3. The lowest BCUT2D eigenvalue weighted by molar-refractivity contribution is -0.160. The summed E-state index contributed by atoms with van der Waals surface area (Å²) in [5.41, 5.74) is -0.740. The molecule has 0 radical (unpaired) electrons. The molecule has 1 spiro atoms. The van der Waals surface area contributed by atoms with Gasteiger partial charge in [0.2, 0.25) is 17.7 Å². The maximum absolute atomic E-state index is 15.0. The van der Waals surface area contributed by atoms with Crippen molar-refractivity contribution in [3.05, 3.63) is 97.1 Å². The van der Waals surface area contributed by atoms with Crippen molar-refractivity contribution < 1.29 is 24.2 Å². The number of aliphatic hydroxyl groups excluding tert-OH is 1. The molecule has 46 heavy (non-hydrogen) atoms. The number of carbonyl (C=O) groups is 3. The molecule has 3 amide bonds. The van der Waals surface area contributed by atoms with E-state index in [1.807, 2.05) is 88.4 Å². The van der Waals surface area contributed by atoms with Crippen molar-refractivity contribution in [2.75, 3.05) is 19.7 Å². The number of rotatable bonds is 13. The third kappa shape index (κ3) is 5.71.